The van der Waals surface area contributed by atoms with E-state index in [0.717, 1.165) is 12.8 Å². The van der Waals surface area contributed by atoms with Crippen molar-refractivity contribution in [2.75, 3.05) is 0 Å². The highest BCUT2D eigenvalue weighted by Gasteiger charge is 2.23. The normalized spacial score (nSPS) is 15.4. The van der Waals surface area contributed by atoms with Crippen LogP contribution in [0, 0.1) is 0 Å². The van der Waals surface area contributed by atoms with Crippen molar-refractivity contribution in [2.24, 2.45) is 0 Å². The highest BCUT2D eigenvalue weighted by molar-refractivity contribution is 7.92. The molecule has 0 aromatic rings. The van der Waals surface area contributed by atoms with E-state index in [9.17, 15) is 8.42 Å². The van der Waals surface area contributed by atoms with Gasteiger partial charge in [0.05, 0.1) is 10.5 Å². The van der Waals surface area contributed by atoms with Crippen LogP contribution in [0.3, 0.4) is 0 Å². The fourth-order valence-electron chi connectivity index (χ4n) is 1.04. The minimum atomic E-state index is -2.84. The van der Waals surface area contributed by atoms with Crippen LogP contribution in [-0.2, 0) is 9.84 Å². The molecule has 0 aliphatic carbocycles. The van der Waals surface area contributed by atoms with Gasteiger partial charge in [0.25, 0.3) is 0 Å². The van der Waals surface area contributed by atoms with E-state index in [1.165, 1.54) is 0 Å². The largest absolute Gasteiger partial charge is 0.228 e. The Kier molecular flexibility index (Phi) is 4.08. The van der Waals surface area contributed by atoms with E-state index >= 15 is 0 Å². The molecule has 0 saturated heterocycles. The van der Waals surface area contributed by atoms with Gasteiger partial charge in [0.1, 0.15) is 0 Å². The summed E-state index contributed by atoms with van der Waals surface area (Å²) in [7, 11) is -2.84. The first kappa shape index (κ1) is 11.0. The summed E-state index contributed by atoms with van der Waals surface area (Å²) in [6.45, 7) is 7.27. The maximum Gasteiger partial charge on any atom is 0.155 e. The van der Waals surface area contributed by atoms with Crippen molar-refractivity contribution in [1.82, 2.24) is 0 Å². The van der Waals surface area contributed by atoms with Crippen molar-refractivity contribution in [3.05, 3.63) is 0 Å². The standard InChI is InChI=1S/C8H18O2S/c1-5-6-8(4)11(9,10)7(2)3/h7-8H,5-6H2,1-4H3. The van der Waals surface area contributed by atoms with Crippen molar-refractivity contribution in [3.63, 3.8) is 0 Å². The van der Waals surface area contributed by atoms with E-state index in [1.807, 2.05) is 6.92 Å². The quantitative estimate of drug-likeness (QED) is 0.660. The first-order valence-electron chi connectivity index (χ1n) is 4.15. The Morgan fingerprint density at radius 2 is 1.64 bits per heavy atom. The van der Waals surface area contributed by atoms with Gasteiger partial charge in [-0.3, -0.25) is 0 Å². The second kappa shape index (κ2) is 4.10. The van der Waals surface area contributed by atoms with E-state index in [-0.39, 0.29) is 10.5 Å². The molecule has 0 N–H and O–H groups in total. The first-order chi connectivity index (χ1) is 4.92. The van der Waals surface area contributed by atoms with Gasteiger partial charge in [-0.2, -0.15) is 0 Å². The average molecular weight is 178 g/mol. The lowest BCUT2D eigenvalue weighted by atomic mass is 10.3. The molecule has 0 heterocycles. The predicted molar refractivity (Wildman–Crippen MR) is 48.4 cm³/mol. The van der Waals surface area contributed by atoms with Gasteiger partial charge >= 0.3 is 0 Å². The molecule has 0 aromatic heterocycles. The minimum Gasteiger partial charge on any atom is -0.228 e. The second-order valence-electron chi connectivity index (χ2n) is 3.24. The van der Waals surface area contributed by atoms with Gasteiger partial charge in [0.15, 0.2) is 9.84 Å². The molecule has 0 aliphatic rings. The van der Waals surface area contributed by atoms with Gasteiger partial charge in [-0.05, 0) is 27.2 Å². The molecule has 1 atom stereocenters. The fraction of sp³-hybridized carbons (Fsp3) is 1.00. The molecule has 0 radical (unpaired) electrons. The molecule has 3 heteroatoms. The van der Waals surface area contributed by atoms with Crippen LogP contribution in [0.2, 0.25) is 0 Å². The lowest BCUT2D eigenvalue weighted by Gasteiger charge is -2.14. The highest BCUT2D eigenvalue weighted by atomic mass is 32.2. The second-order valence-corrected chi connectivity index (χ2v) is 6.16. The highest BCUT2D eigenvalue weighted by Crippen LogP contribution is 2.13. The first-order valence-corrected chi connectivity index (χ1v) is 5.76. The van der Waals surface area contributed by atoms with Gasteiger partial charge in [0.2, 0.25) is 0 Å². The number of hydrogen-bond donors (Lipinski definition) is 0. The van der Waals surface area contributed by atoms with E-state index in [0.29, 0.717) is 0 Å². The van der Waals surface area contributed by atoms with Crippen molar-refractivity contribution in [3.8, 4) is 0 Å². The van der Waals surface area contributed by atoms with Crippen molar-refractivity contribution < 1.29 is 8.42 Å². The Morgan fingerprint density at radius 1 is 1.18 bits per heavy atom. The van der Waals surface area contributed by atoms with E-state index in [4.69, 9.17) is 0 Å². The van der Waals surface area contributed by atoms with Crippen LogP contribution in [0.5, 0.6) is 0 Å². The summed E-state index contributed by atoms with van der Waals surface area (Å²) in [5.41, 5.74) is 0. The SMILES string of the molecule is CCCC(C)S(=O)(=O)C(C)C. The van der Waals surface area contributed by atoms with Crippen molar-refractivity contribution in [1.29, 1.82) is 0 Å². The van der Waals surface area contributed by atoms with Crippen LogP contribution in [0.1, 0.15) is 40.5 Å². The van der Waals surface area contributed by atoms with Gasteiger partial charge in [-0.25, -0.2) is 8.42 Å². The molecule has 0 fully saturated rings. The van der Waals surface area contributed by atoms with Crippen LogP contribution in [0.15, 0.2) is 0 Å². The molecule has 0 spiro atoms. The van der Waals surface area contributed by atoms with Crippen LogP contribution >= 0.6 is 0 Å². The van der Waals surface area contributed by atoms with Crippen LogP contribution in [-0.4, -0.2) is 18.9 Å². The molecule has 0 rings (SSSR count). The van der Waals surface area contributed by atoms with Gasteiger partial charge in [-0.15, -0.1) is 0 Å². The predicted octanol–water partition coefficient (Wildman–Crippen LogP) is 2.00. The molecular formula is C8H18O2S. The van der Waals surface area contributed by atoms with Crippen LogP contribution in [0.4, 0.5) is 0 Å². The van der Waals surface area contributed by atoms with Gasteiger partial charge < -0.3 is 0 Å². The average Bonchev–Trinajstić information content (AvgIpc) is 1.88. The molecule has 0 aromatic carbocycles. The molecule has 0 bridgehead atoms. The molecule has 0 amide bonds. The van der Waals surface area contributed by atoms with E-state index in [2.05, 4.69) is 0 Å². The zero-order chi connectivity index (χ0) is 9.07. The molecule has 1 unspecified atom stereocenters. The van der Waals surface area contributed by atoms with Crippen molar-refractivity contribution in [2.45, 2.75) is 51.0 Å². The third-order valence-corrected chi connectivity index (χ3v) is 4.58. The summed E-state index contributed by atoms with van der Waals surface area (Å²) >= 11 is 0. The lowest BCUT2D eigenvalue weighted by Crippen LogP contribution is -2.25. The lowest BCUT2D eigenvalue weighted by molar-refractivity contribution is 0.567. The molecule has 0 aliphatic heterocycles. The Hall–Kier alpha value is -0.0500. The maximum absolute atomic E-state index is 11.4. The summed E-state index contributed by atoms with van der Waals surface area (Å²) in [6.07, 6.45) is 1.72. The maximum atomic E-state index is 11.4. The Bertz CT molecular complexity index is 192. The van der Waals surface area contributed by atoms with Crippen LogP contribution in [0.25, 0.3) is 0 Å². The smallest absolute Gasteiger partial charge is 0.155 e. The summed E-state index contributed by atoms with van der Waals surface area (Å²) < 4.78 is 22.8. The molecular weight excluding hydrogens is 160 g/mol. The van der Waals surface area contributed by atoms with E-state index < -0.39 is 9.84 Å². The topological polar surface area (TPSA) is 34.1 Å². The Balaban J connectivity index is 4.32. The number of hydrogen-bond acceptors (Lipinski definition) is 2. The zero-order valence-corrected chi connectivity index (χ0v) is 8.61. The Morgan fingerprint density at radius 3 is 1.91 bits per heavy atom. The Labute approximate surface area is 69.9 Å². The zero-order valence-electron chi connectivity index (χ0n) is 7.79. The summed E-state index contributed by atoms with van der Waals surface area (Å²) in [5, 5.41) is -0.406. The van der Waals surface area contributed by atoms with Gasteiger partial charge in [0, 0.05) is 0 Å². The van der Waals surface area contributed by atoms with Gasteiger partial charge in [-0.1, -0.05) is 13.3 Å². The molecule has 2 nitrogen and oxygen atoms in total. The van der Waals surface area contributed by atoms with Crippen molar-refractivity contribution >= 4 is 9.84 Å². The monoisotopic (exact) mass is 178 g/mol. The third-order valence-electron chi connectivity index (χ3n) is 1.91. The fourth-order valence-corrected chi connectivity index (χ4v) is 2.53. The molecule has 68 valence electrons. The molecule has 11 heavy (non-hydrogen) atoms. The van der Waals surface area contributed by atoms with E-state index in [1.54, 1.807) is 20.8 Å². The minimum absolute atomic E-state index is 0.174. The number of sulfone groups is 1. The number of rotatable bonds is 4. The molecule has 0 saturated carbocycles. The summed E-state index contributed by atoms with van der Waals surface area (Å²) in [4.78, 5) is 0. The third kappa shape index (κ3) is 2.81. The summed E-state index contributed by atoms with van der Waals surface area (Å²) in [6, 6.07) is 0. The van der Waals surface area contributed by atoms with Crippen LogP contribution < -0.4 is 0 Å². The summed E-state index contributed by atoms with van der Waals surface area (Å²) in [5.74, 6) is 0.